The molecule has 2 aromatic rings. The van der Waals surface area contributed by atoms with Gasteiger partial charge in [0.2, 0.25) is 0 Å². The Balaban J connectivity index is 1.82. The summed E-state index contributed by atoms with van der Waals surface area (Å²) in [5.74, 6) is 0.766. The van der Waals surface area contributed by atoms with Gasteiger partial charge in [-0.2, -0.15) is 0 Å². The van der Waals surface area contributed by atoms with Gasteiger partial charge in [0.1, 0.15) is 5.75 Å². The Labute approximate surface area is 141 Å². The fraction of sp³-hybridized carbons (Fsp3) is 0.412. The zero-order valence-corrected chi connectivity index (χ0v) is 14.8. The van der Waals surface area contributed by atoms with Crippen LogP contribution in [0.1, 0.15) is 37.0 Å². The van der Waals surface area contributed by atoms with E-state index in [0.717, 1.165) is 22.0 Å². The SMILES string of the molecule is COc1ccccc1CNC(=O)NCc1csc(C(C)(C)C)n1. The van der Waals surface area contributed by atoms with Crippen LogP contribution in [0.2, 0.25) is 0 Å². The Kier molecular flexibility index (Phi) is 5.60. The molecule has 1 heterocycles. The maximum absolute atomic E-state index is 11.9. The summed E-state index contributed by atoms with van der Waals surface area (Å²) in [4.78, 5) is 16.5. The molecule has 1 aromatic heterocycles. The molecular weight excluding hydrogens is 310 g/mol. The summed E-state index contributed by atoms with van der Waals surface area (Å²) in [5.41, 5.74) is 1.86. The number of methoxy groups -OCH3 is 1. The molecule has 1 aromatic carbocycles. The molecule has 2 N–H and O–H groups in total. The van der Waals surface area contributed by atoms with Crippen LogP contribution in [0.15, 0.2) is 29.6 Å². The number of nitrogens with one attached hydrogen (secondary N) is 2. The molecule has 0 saturated carbocycles. The van der Waals surface area contributed by atoms with Gasteiger partial charge in [-0.3, -0.25) is 0 Å². The summed E-state index contributed by atoms with van der Waals surface area (Å²) >= 11 is 1.62. The zero-order chi connectivity index (χ0) is 16.9. The second kappa shape index (κ2) is 7.46. The lowest BCUT2D eigenvalue weighted by molar-refractivity contribution is 0.240. The minimum atomic E-state index is -0.221. The van der Waals surface area contributed by atoms with Gasteiger partial charge in [0.25, 0.3) is 0 Å². The van der Waals surface area contributed by atoms with Crippen molar-refractivity contribution in [3.8, 4) is 5.75 Å². The molecule has 0 saturated heterocycles. The van der Waals surface area contributed by atoms with Crippen LogP contribution in [0.25, 0.3) is 0 Å². The second-order valence-corrected chi connectivity index (χ2v) is 7.10. The van der Waals surface area contributed by atoms with Gasteiger partial charge < -0.3 is 15.4 Å². The molecule has 2 amide bonds. The monoisotopic (exact) mass is 333 g/mol. The maximum atomic E-state index is 11.9. The smallest absolute Gasteiger partial charge is 0.315 e. The van der Waals surface area contributed by atoms with Gasteiger partial charge in [-0.15, -0.1) is 11.3 Å². The Bertz CT molecular complexity index is 662. The predicted octanol–water partition coefficient (Wildman–Crippen LogP) is 3.45. The third-order valence-electron chi connectivity index (χ3n) is 3.26. The summed E-state index contributed by atoms with van der Waals surface area (Å²) in [5, 5.41) is 8.71. The molecule has 5 nitrogen and oxygen atoms in total. The minimum Gasteiger partial charge on any atom is -0.496 e. The van der Waals surface area contributed by atoms with Crippen molar-refractivity contribution in [3.63, 3.8) is 0 Å². The van der Waals surface area contributed by atoms with E-state index in [0.29, 0.717) is 13.1 Å². The number of aromatic nitrogens is 1. The van der Waals surface area contributed by atoms with Gasteiger partial charge in [0.15, 0.2) is 0 Å². The molecule has 0 radical (unpaired) electrons. The number of para-hydroxylation sites is 1. The van der Waals surface area contributed by atoms with E-state index in [1.165, 1.54) is 0 Å². The Morgan fingerprint density at radius 2 is 1.91 bits per heavy atom. The largest absolute Gasteiger partial charge is 0.496 e. The van der Waals surface area contributed by atoms with Crippen molar-refractivity contribution in [1.29, 1.82) is 0 Å². The summed E-state index contributed by atoms with van der Waals surface area (Å²) in [6.07, 6.45) is 0. The summed E-state index contributed by atoms with van der Waals surface area (Å²) in [6.45, 7) is 7.22. The highest BCUT2D eigenvalue weighted by Gasteiger charge is 2.18. The number of carbonyl (C=O) groups excluding carboxylic acids is 1. The molecule has 0 atom stereocenters. The highest BCUT2D eigenvalue weighted by atomic mass is 32.1. The number of benzene rings is 1. The highest BCUT2D eigenvalue weighted by molar-refractivity contribution is 7.09. The fourth-order valence-corrected chi connectivity index (χ4v) is 2.90. The topological polar surface area (TPSA) is 63.2 Å². The van der Waals surface area contributed by atoms with E-state index in [1.807, 2.05) is 29.6 Å². The van der Waals surface area contributed by atoms with Crippen molar-refractivity contribution in [2.45, 2.75) is 39.3 Å². The number of nitrogens with zero attached hydrogens (tertiary/aromatic N) is 1. The maximum Gasteiger partial charge on any atom is 0.315 e. The molecule has 23 heavy (non-hydrogen) atoms. The Hall–Kier alpha value is -2.08. The van der Waals surface area contributed by atoms with Crippen molar-refractivity contribution in [3.05, 3.63) is 45.9 Å². The van der Waals surface area contributed by atoms with Crippen LogP contribution in [0, 0.1) is 0 Å². The number of carbonyl (C=O) groups is 1. The van der Waals surface area contributed by atoms with Crippen molar-refractivity contribution >= 4 is 17.4 Å². The van der Waals surface area contributed by atoms with Gasteiger partial charge in [0, 0.05) is 22.9 Å². The van der Waals surface area contributed by atoms with E-state index < -0.39 is 0 Å². The minimum absolute atomic E-state index is 0.0367. The Morgan fingerprint density at radius 1 is 1.22 bits per heavy atom. The quantitative estimate of drug-likeness (QED) is 0.881. The average Bonchev–Trinajstić information content (AvgIpc) is 3.00. The molecule has 2 rings (SSSR count). The lowest BCUT2D eigenvalue weighted by atomic mass is 9.98. The van der Waals surface area contributed by atoms with Crippen molar-refractivity contribution in [1.82, 2.24) is 15.6 Å². The number of rotatable bonds is 5. The van der Waals surface area contributed by atoms with Gasteiger partial charge in [0.05, 0.1) is 24.4 Å². The number of ether oxygens (including phenoxy) is 1. The molecule has 0 unspecified atom stereocenters. The average molecular weight is 333 g/mol. The van der Waals surface area contributed by atoms with Crippen LogP contribution >= 0.6 is 11.3 Å². The molecule has 0 bridgehead atoms. The first kappa shape index (κ1) is 17.3. The second-order valence-electron chi connectivity index (χ2n) is 6.24. The molecule has 124 valence electrons. The number of hydrogen-bond donors (Lipinski definition) is 2. The standard InChI is InChI=1S/C17H23N3O2S/c1-17(2,3)15-20-13(11-23-15)10-19-16(21)18-9-12-7-5-6-8-14(12)22-4/h5-8,11H,9-10H2,1-4H3,(H2,18,19,21). The Morgan fingerprint density at radius 3 is 2.57 bits per heavy atom. The molecule has 0 fully saturated rings. The van der Waals surface area contributed by atoms with Gasteiger partial charge >= 0.3 is 6.03 Å². The highest BCUT2D eigenvalue weighted by Crippen LogP contribution is 2.25. The number of hydrogen-bond acceptors (Lipinski definition) is 4. The first-order valence-electron chi connectivity index (χ1n) is 7.48. The lowest BCUT2D eigenvalue weighted by Gasteiger charge is -2.13. The molecular formula is C17H23N3O2S. The van der Waals surface area contributed by atoms with Crippen LogP contribution in [0.5, 0.6) is 5.75 Å². The summed E-state index contributed by atoms with van der Waals surface area (Å²) < 4.78 is 5.26. The zero-order valence-electron chi connectivity index (χ0n) is 14.0. The lowest BCUT2D eigenvalue weighted by Crippen LogP contribution is -2.34. The molecule has 6 heteroatoms. The first-order valence-corrected chi connectivity index (χ1v) is 8.36. The molecule has 0 aliphatic rings. The van der Waals surface area contributed by atoms with Gasteiger partial charge in [-0.05, 0) is 6.07 Å². The van der Waals surface area contributed by atoms with Crippen molar-refractivity contribution in [2.75, 3.05) is 7.11 Å². The van der Waals surface area contributed by atoms with Crippen LogP contribution in [0.4, 0.5) is 4.79 Å². The first-order chi connectivity index (χ1) is 10.9. The van der Waals surface area contributed by atoms with Crippen molar-refractivity contribution < 1.29 is 9.53 Å². The van der Waals surface area contributed by atoms with Crippen LogP contribution in [0.3, 0.4) is 0 Å². The number of urea groups is 1. The number of amides is 2. The predicted molar refractivity (Wildman–Crippen MR) is 92.9 cm³/mol. The molecule has 0 aliphatic carbocycles. The van der Waals surface area contributed by atoms with Gasteiger partial charge in [-0.1, -0.05) is 39.0 Å². The van der Waals surface area contributed by atoms with Crippen LogP contribution in [-0.2, 0) is 18.5 Å². The normalized spacial score (nSPS) is 11.1. The van der Waals surface area contributed by atoms with Crippen LogP contribution < -0.4 is 15.4 Å². The van der Waals surface area contributed by atoms with E-state index >= 15 is 0 Å². The van der Waals surface area contributed by atoms with E-state index in [4.69, 9.17) is 4.74 Å². The van der Waals surface area contributed by atoms with E-state index in [9.17, 15) is 4.79 Å². The third-order valence-corrected chi connectivity index (χ3v) is 4.57. The van der Waals surface area contributed by atoms with Crippen LogP contribution in [-0.4, -0.2) is 18.1 Å². The third kappa shape index (κ3) is 4.96. The van der Waals surface area contributed by atoms with E-state index in [2.05, 4.69) is 36.4 Å². The van der Waals surface area contributed by atoms with Gasteiger partial charge in [-0.25, -0.2) is 9.78 Å². The van der Waals surface area contributed by atoms with E-state index in [1.54, 1.807) is 18.4 Å². The number of thiazole rings is 1. The molecule has 0 spiro atoms. The van der Waals surface area contributed by atoms with E-state index in [-0.39, 0.29) is 11.4 Å². The molecule has 0 aliphatic heterocycles. The summed E-state index contributed by atoms with van der Waals surface area (Å²) in [7, 11) is 1.62. The summed E-state index contributed by atoms with van der Waals surface area (Å²) in [6, 6.07) is 7.40. The fourth-order valence-electron chi connectivity index (χ4n) is 1.99. The van der Waals surface area contributed by atoms with Crippen molar-refractivity contribution in [2.24, 2.45) is 0 Å².